The van der Waals surface area contributed by atoms with Crippen molar-refractivity contribution in [2.24, 2.45) is 5.92 Å². The molecule has 0 radical (unpaired) electrons. The van der Waals surface area contributed by atoms with Crippen LogP contribution in [0.2, 0.25) is 0 Å². The Bertz CT molecular complexity index is 989. The Labute approximate surface area is 193 Å². The maximum absolute atomic E-state index is 13.3. The third-order valence-corrected chi connectivity index (χ3v) is 7.79. The lowest BCUT2D eigenvalue weighted by molar-refractivity contribution is -0.140. The first kappa shape index (κ1) is 22.5. The zero-order chi connectivity index (χ0) is 22.7. The van der Waals surface area contributed by atoms with Crippen molar-refractivity contribution in [1.82, 2.24) is 15.1 Å². The van der Waals surface area contributed by atoms with Crippen LogP contribution in [0.1, 0.15) is 47.9 Å². The summed E-state index contributed by atoms with van der Waals surface area (Å²) in [5, 5.41) is 2.94. The highest BCUT2D eigenvalue weighted by Gasteiger charge is 2.55. The smallest absolute Gasteiger partial charge is 0.325 e. The number of hydrogen-bond acceptors (Lipinski definition) is 4. The Balaban J connectivity index is 1.48. The van der Waals surface area contributed by atoms with Gasteiger partial charge in [0.2, 0.25) is 5.91 Å². The summed E-state index contributed by atoms with van der Waals surface area (Å²) in [6.07, 6.45) is 4.26. The third kappa shape index (κ3) is 4.58. The summed E-state index contributed by atoms with van der Waals surface area (Å²) in [5.41, 5.74) is 0.313. The number of thiophene rings is 1. The lowest BCUT2D eigenvalue weighted by Gasteiger charge is -2.36. The normalized spacial score (nSPS) is 22.9. The van der Waals surface area contributed by atoms with Crippen molar-refractivity contribution >= 4 is 29.2 Å². The number of urea groups is 1. The molecule has 0 unspecified atom stereocenters. The minimum absolute atomic E-state index is 0.0797. The molecule has 2 fully saturated rings. The first-order valence-corrected chi connectivity index (χ1v) is 12.2. The number of hydrogen-bond donors (Lipinski definition) is 1. The SMILES string of the molecule is Cc1ccc(CN(CCc2ccccc2)C(=O)CN2C(=O)N[C@@]3(CCCC[C@@H]3C)C2=O)s1. The molecule has 2 aromatic rings. The van der Waals surface area contributed by atoms with Crippen LogP contribution in [-0.2, 0) is 22.6 Å². The molecule has 7 heteroatoms. The van der Waals surface area contributed by atoms with Crippen LogP contribution in [0.3, 0.4) is 0 Å². The van der Waals surface area contributed by atoms with Gasteiger partial charge in [0.25, 0.3) is 5.91 Å². The van der Waals surface area contributed by atoms with Crippen molar-refractivity contribution < 1.29 is 14.4 Å². The van der Waals surface area contributed by atoms with Gasteiger partial charge in [-0.3, -0.25) is 14.5 Å². The van der Waals surface area contributed by atoms with Crippen LogP contribution in [0.15, 0.2) is 42.5 Å². The van der Waals surface area contributed by atoms with Gasteiger partial charge < -0.3 is 10.2 Å². The standard InChI is InChI=1S/C25H31N3O3S/c1-18-8-6-7-14-25(18)23(30)28(24(31)26-25)17-22(29)27(16-21-12-11-19(2)32-21)15-13-20-9-4-3-5-10-20/h3-5,9-12,18H,6-8,13-17H2,1-2H3,(H,26,31)/t18-,25+/m0/s1. The van der Waals surface area contributed by atoms with Crippen LogP contribution in [0.5, 0.6) is 0 Å². The van der Waals surface area contributed by atoms with Crippen molar-refractivity contribution in [3.63, 3.8) is 0 Å². The highest BCUT2D eigenvalue weighted by Crippen LogP contribution is 2.38. The van der Waals surface area contributed by atoms with E-state index in [2.05, 4.69) is 5.32 Å². The van der Waals surface area contributed by atoms with Gasteiger partial charge in [0.05, 0.1) is 6.54 Å². The molecule has 2 aliphatic rings. The molecule has 2 heterocycles. The van der Waals surface area contributed by atoms with Gasteiger partial charge in [0.1, 0.15) is 12.1 Å². The molecule has 1 aromatic heterocycles. The second-order valence-corrected chi connectivity index (χ2v) is 10.4. The maximum Gasteiger partial charge on any atom is 0.325 e. The van der Waals surface area contributed by atoms with E-state index in [1.54, 1.807) is 16.2 Å². The number of amides is 4. The largest absolute Gasteiger partial charge is 0.336 e. The highest BCUT2D eigenvalue weighted by atomic mass is 32.1. The molecule has 1 saturated carbocycles. The molecule has 170 valence electrons. The van der Waals surface area contributed by atoms with E-state index in [9.17, 15) is 14.4 Å². The van der Waals surface area contributed by atoms with E-state index in [-0.39, 0.29) is 24.3 Å². The van der Waals surface area contributed by atoms with Gasteiger partial charge in [0.15, 0.2) is 0 Å². The molecular formula is C25H31N3O3S. The Hall–Kier alpha value is -2.67. The number of imide groups is 1. The van der Waals surface area contributed by atoms with Crippen molar-refractivity contribution in [1.29, 1.82) is 0 Å². The first-order chi connectivity index (χ1) is 15.4. The molecule has 2 atom stereocenters. The van der Waals surface area contributed by atoms with Crippen LogP contribution in [0, 0.1) is 12.8 Å². The van der Waals surface area contributed by atoms with Crippen molar-refractivity contribution in [2.45, 2.75) is 58.0 Å². The fourth-order valence-corrected chi connectivity index (χ4v) is 5.74. The zero-order valence-electron chi connectivity index (χ0n) is 18.8. The van der Waals surface area contributed by atoms with Crippen molar-refractivity contribution in [3.8, 4) is 0 Å². The van der Waals surface area contributed by atoms with E-state index in [1.807, 2.05) is 56.3 Å². The average Bonchev–Trinajstić information content (AvgIpc) is 3.30. The summed E-state index contributed by atoms with van der Waals surface area (Å²) in [6, 6.07) is 13.7. The molecule has 32 heavy (non-hydrogen) atoms. The number of aryl methyl sites for hydroxylation is 1. The Morgan fingerprint density at radius 3 is 2.66 bits per heavy atom. The Morgan fingerprint density at radius 1 is 1.19 bits per heavy atom. The fraction of sp³-hybridized carbons (Fsp3) is 0.480. The summed E-state index contributed by atoms with van der Waals surface area (Å²) >= 11 is 1.66. The molecular weight excluding hydrogens is 422 g/mol. The zero-order valence-corrected chi connectivity index (χ0v) is 19.6. The molecule has 6 nitrogen and oxygen atoms in total. The molecule has 4 rings (SSSR count). The molecule has 1 aliphatic heterocycles. The van der Waals surface area contributed by atoms with Gasteiger partial charge in [-0.05, 0) is 49.8 Å². The molecule has 0 bridgehead atoms. The van der Waals surface area contributed by atoms with Crippen LogP contribution in [0.4, 0.5) is 4.79 Å². The summed E-state index contributed by atoms with van der Waals surface area (Å²) in [5.74, 6) is -0.356. The fourth-order valence-electron chi connectivity index (χ4n) is 4.83. The number of carbonyl (C=O) groups is 3. The van der Waals surface area contributed by atoms with Gasteiger partial charge in [-0.25, -0.2) is 4.79 Å². The third-order valence-electron chi connectivity index (χ3n) is 6.80. The Kier molecular flexibility index (Phi) is 6.65. The van der Waals surface area contributed by atoms with Gasteiger partial charge >= 0.3 is 6.03 Å². The van der Waals surface area contributed by atoms with Crippen molar-refractivity contribution in [2.75, 3.05) is 13.1 Å². The average molecular weight is 454 g/mol. The topological polar surface area (TPSA) is 69.7 Å². The summed E-state index contributed by atoms with van der Waals surface area (Å²) in [7, 11) is 0. The van der Waals surface area contributed by atoms with Crippen LogP contribution >= 0.6 is 11.3 Å². The highest BCUT2D eigenvalue weighted by molar-refractivity contribution is 7.11. The summed E-state index contributed by atoms with van der Waals surface area (Å²) in [4.78, 5) is 44.5. The van der Waals surface area contributed by atoms with E-state index in [0.717, 1.165) is 41.0 Å². The predicted molar refractivity (Wildman–Crippen MR) is 125 cm³/mol. The van der Waals surface area contributed by atoms with Gasteiger partial charge in [-0.2, -0.15) is 0 Å². The summed E-state index contributed by atoms with van der Waals surface area (Å²) in [6.45, 7) is 4.87. The minimum atomic E-state index is -0.838. The van der Waals surface area contributed by atoms with E-state index in [1.165, 1.54) is 4.88 Å². The van der Waals surface area contributed by atoms with Crippen LogP contribution < -0.4 is 5.32 Å². The predicted octanol–water partition coefficient (Wildman–Crippen LogP) is 4.13. The second kappa shape index (κ2) is 9.45. The minimum Gasteiger partial charge on any atom is -0.336 e. The lowest BCUT2D eigenvalue weighted by Crippen LogP contribution is -2.54. The van der Waals surface area contributed by atoms with Gasteiger partial charge in [-0.1, -0.05) is 50.1 Å². The maximum atomic E-state index is 13.3. The molecule has 1 saturated heterocycles. The number of nitrogens with one attached hydrogen (secondary N) is 1. The van der Waals surface area contributed by atoms with E-state index in [0.29, 0.717) is 19.5 Å². The second-order valence-electron chi connectivity index (χ2n) is 9.00. The molecule has 1 aromatic carbocycles. The van der Waals surface area contributed by atoms with E-state index >= 15 is 0 Å². The molecule has 1 N–H and O–H groups in total. The number of rotatable bonds is 7. The van der Waals surface area contributed by atoms with Crippen molar-refractivity contribution in [3.05, 3.63) is 57.8 Å². The molecule has 1 spiro atoms. The van der Waals surface area contributed by atoms with Crippen LogP contribution in [-0.4, -0.2) is 46.3 Å². The molecule has 1 aliphatic carbocycles. The number of benzene rings is 1. The quantitative estimate of drug-likeness (QED) is 0.641. The summed E-state index contributed by atoms with van der Waals surface area (Å²) < 4.78 is 0. The number of nitrogens with zero attached hydrogens (tertiary/aromatic N) is 2. The lowest BCUT2D eigenvalue weighted by atomic mass is 9.73. The monoisotopic (exact) mass is 453 g/mol. The number of carbonyl (C=O) groups excluding carboxylic acids is 3. The molecule has 4 amide bonds. The Morgan fingerprint density at radius 2 is 1.97 bits per heavy atom. The first-order valence-electron chi connectivity index (χ1n) is 11.4. The van der Waals surface area contributed by atoms with E-state index < -0.39 is 11.6 Å². The van der Waals surface area contributed by atoms with Gasteiger partial charge in [0, 0.05) is 16.3 Å². The van der Waals surface area contributed by atoms with Crippen LogP contribution in [0.25, 0.3) is 0 Å². The van der Waals surface area contributed by atoms with E-state index in [4.69, 9.17) is 0 Å². The van der Waals surface area contributed by atoms with Gasteiger partial charge in [-0.15, -0.1) is 11.3 Å².